The fourth-order valence-electron chi connectivity index (χ4n) is 3.06. The van der Waals surface area contributed by atoms with Gasteiger partial charge in [0.2, 0.25) is 0 Å². The van der Waals surface area contributed by atoms with Crippen molar-refractivity contribution in [2.75, 3.05) is 5.32 Å². The highest BCUT2D eigenvalue weighted by Crippen LogP contribution is 2.33. The molecule has 27 heavy (non-hydrogen) atoms. The highest BCUT2D eigenvalue weighted by Gasteiger charge is 2.23. The van der Waals surface area contributed by atoms with Gasteiger partial charge in [-0.25, -0.2) is 0 Å². The van der Waals surface area contributed by atoms with Gasteiger partial charge >= 0.3 is 0 Å². The van der Waals surface area contributed by atoms with Crippen LogP contribution in [0.2, 0.25) is 0 Å². The van der Waals surface area contributed by atoms with Crippen molar-refractivity contribution in [3.8, 4) is 11.5 Å². The summed E-state index contributed by atoms with van der Waals surface area (Å²) in [6, 6.07) is 17.5. The minimum Gasteiger partial charge on any atom is -0.466 e. The van der Waals surface area contributed by atoms with Gasteiger partial charge in [-0.2, -0.15) is 0 Å². The van der Waals surface area contributed by atoms with Crippen LogP contribution in [0.4, 0.5) is 5.69 Å². The van der Waals surface area contributed by atoms with Crippen LogP contribution in [0.3, 0.4) is 0 Å². The molecular weight excluding hydrogens is 338 g/mol. The second-order valence-corrected chi connectivity index (χ2v) is 6.24. The van der Waals surface area contributed by atoms with Crippen LogP contribution in [0.15, 0.2) is 103 Å². The first-order valence-corrected chi connectivity index (χ1v) is 9.01. The highest BCUT2D eigenvalue weighted by molar-refractivity contribution is 5.60. The second kappa shape index (κ2) is 8.32. The van der Waals surface area contributed by atoms with E-state index in [-0.39, 0.29) is 6.04 Å². The molecule has 2 aromatic rings. The van der Waals surface area contributed by atoms with Crippen molar-refractivity contribution >= 4 is 5.69 Å². The second-order valence-electron chi connectivity index (χ2n) is 6.24. The van der Waals surface area contributed by atoms with Gasteiger partial charge in [0, 0.05) is 0 Å². The quantitative estimate of drug-likeness (QED) is 0.697. The topological polar surface area (TPSA) is 39.7 Å². The molecule has 2 aromatic carbocycles. The van der Waals surface area contributed by atoms with Crippen molar-refractivity contribution in [1.29, 1.82) is 0 Å². The zero-order valence-electron chi connectivity index (χ0n) is 14.9. The summed E-state index contributed by atoms with van der Waals surface area (Å²) in [6.07, 6.45) is 13.1. The molecule has 0 fully saturated rings. The van der Waals surface area contributed by atoms with Gasteiger partial charge < -0.3 is 19.5 Å². The zero-order chi connectivity index (χ0) is 18.3. The standard InChI is InChI=1S/C23H21NO3/c1-3-9-18(10-4-1)23(22-17-25-15-16-26-22)24-20-13-7-8-14-21(20)27-19-11-5-2-6-12-19/h1-3,5-9,11-17,23-24H,4,10H2. The Labute approximate surface area is 159 Å². The third kappa shape index (κ3) is 4.23. The lowest BCUT2D eigenvalue weighted by Gasteiger charge is -2.27. The van der Waals surface area contributed by atoms with E-state index in [1.807, 2.05) is 54.6 Å². The average molecular weight is 359 g/mol. The van der Waals surface area contributed by atoms with Crippen molar-refractivity contribution in [3.05, 3.63) is 103 Å². The summed E-state index contributed by atoms with van der Waals surface area (Å²) < 4.78 is 17.1. The maximum Gasteiger partial charge on any atom is 0.165 e. The predicted molar refractivity (Wildman–Crippen MR) is 106 cm³/mol. The number of ether oxygens (including phenoxy) is 3. The van der Waals surface area contributed by atoms with E-state index in [1.165, 1.54) is 11.8 Å². The summed E-state index contributed by atoms with van der Waals surface area (Å²) in [5, 5.41) is 3.57. The van der Waals surface area contributed by atoms with Crippen LogP contribution in [0, 0.1) is 0 Å². The lowest BCUT2D eigenvalue weighted by molar-refractivity contribution is 0.245. The maximum absolute atomic E-state index is 6.08. The molecule has 0 saturated carbocycles. The molecule has 4 nitrogen and oxygen atoms in total. The van der Waals surface area contributed by atoms with Crippen LogP contribution in [-0.2, 0) is 9.47 Å². The van der Waals surface area contributed by atoms with Crippen LogP contribution in [0.25, 0.3) is 0 Å². The molecule has 1 aliphatic carbocycles. The van der Waals surface area contributed by atoms with Crippen molar-refractivity contribution in [2.24, 2.45) is 0 Å². The first-order valence-electron chi connectivity index (χ1n) is 9.01. The van der Waals surface area contributed by atoms with Gasteiger partial charge in [-0.05, 0) is 42.7 Å². The monoisotopic (exact) mass is 359 g/mol. The minimum atomic E-state index is -0.138. The van der Waals surface area contributed by atoms with Gasteiger partial charge in [-0.1, -0.05) is 48.6 Å². The number of para-hydroxylation sites is 3. The first kappa shape index (κ1) is 17.0. The summed E-state index contributed by atoms with van der Waals surface area (Å²) in [7, 11) is 0. The van der Waals surface area contributed by atoms with E-state index in [9.17, 15) is 0 Å². The summed E-state index contributed by atoms with van der Waals surface area (Å²) in [5.41, 5.74) is 2.12. The molecule has 0 amide bonds. The van der Waals surface area contributed by atoms with E-state index >= 15 is 0 Å². The molecule has 1 unspecified atom stereocenters. The number of benzene rings is 2. The Bertz CT molecular complexity index is 897. The van der Waals surface area contributed by atoms with E-state index in [2.05, 4.69) is 23.5 Å². The fraction of sp³-hybridized carbons (Fsp3) is 0.130. The van der Waals surface area contributed by atoms with Crippen LogP contribution in [-0.4, -0.2) is 6.04 Å². The molecule has 0 spiro atoms. The largest absolute Gasteiger partial charge is 0.466 e. The molecule has 136 valence electrons. The maximum atomic E-state index is 6.08. The van der Waals surface area contributed by atoms with E-state index in [4.69, 9.17) is 14.2 Å². The van der Waals surface area contributed by atoms with E-state index in [0.29, 0.717) is 5.76 Å². The van der Waals surface area contributed by atoms with Crippen molar-refractivity contribution in [3.63, 3.8) is 0 Å². The molecule has 0 saturated heterocycles. The third-order valence-electron chi connectivity index (χ3n) is 4.38. The lowest BCUT2D eigenvalue weighted by atomic mass is 9.96. The Morgan fingerprint density at radius 1 is 0.963 bits per heavy atom. The summed E-state index contributed by atoms with van der Waals surface area (Å²) >= 11 is 0. The van der Waals surface area contributed by atoms with Crippen LogP contribution in [0.5, 0.6) is 11.5 Å². The molecule has 0 radical (unpaired) electrons. The number of rotatable bonds is 6. The molecule has 0 aromatic heterocycles. The molecule has 1 atom stereocenters. The van der Waals surface area contributed by atoms with Crippen molar-refractivity contribution in [2.45, 2.75) is 18.9 Å². The summed E-state index contributed by atoms with van der Waals surface area (Å²) in [5.74, 6) is 2.27. The Balaban J connectivity index is 1.62. The molecule has 0 bridgehead atoms. The Morgan fingerprint density at radius 2 is 1.81 bits per heavy atom. The van der Waals surface area contributed by atoms with Crippen LogP contribution >= 0.6 is 0 Å². The molecular formula is C23H21NO3. The number of allylic oxidation sites excluding steroid dienone is 3. The zero-order valence-corrected chi connectivity index (χ0v) is 14.9. The van der Waals surface area contributed by atoms with E-state index in [1.54, 1.807) is 12.5 Å². The highest BCUT2D eigenvalue weighted by atomic mass is 16.5. The predicted octanol–water partition coefficient (Wildman–Crippen LogP) is 5.90. The Morgan fingerprint density at radius 3 is 2.59 bits per heavy atom. The van der Waals surface area contributed by atoms with Gasteiger partial charge in [0.15, 0.2) is 11.5 Å². The Hall–Kier alpha value is -3.40. The molecule has 1 heterocycles. The summed E-state index contributed by atoms with van der Waals surface area (Å²) in [4.78, 5) is 0. The van der Waals surface area contributed by atoms with Crippen molar-refractivity contribution in [1.82, 2.24) is 0 Å². The van der Waals surface area contributed by atoms with Gasteiger partial charge in [0.25, 0.3) is 0 Å². The fourth-order valence-corrected chi connectivity index (χ4v) is 3.06. The number of hydrogen-bond donors (Lipinski definition) is 1. The lowest BCUT2D eigenvalue weighted by Crippen LogP contribution is -2.27. The number of anilines is 1. The molecule has 1 aliphatic heterocycles. The van der Waals surface area contributed by atoms with Gasteiger partial charge in [-0.15, -0.1) is 0 Å². The third-order valence-corrected chi connectivity index (χ3v) is 4.38. The average Bonchev–Trinajstić information content (AvgIpc) is 2.75. The number of hydrogen-bond acceptors (Lipinski definition) is 4. The molecule has 4 rings (SSSR count). The normalized spacial score (nSPS) is 16.4. The van der Waals surface area contributed by atoms with E-state index in [0.717, 1.165) is 30.0 Å². The molecule has 4 heteroatoms. The van der Waals surface area contributed by atoms with Gasteiger partial charge in [0.05, 0.1) is 5.69 Å². The molecule has 2 aliphatic rings. The molecule has 1 N–H and O–H groups in total. The summed E-state index contributed by atoms with van der Waals surface area (Å²) in [6.45, 7) is 0. The van der Waals surface area contributed by atoms with Crippen molar-refractivity contribution < 1.29 is 14.2 Å². The van der Waals surface area contributed by atoms with Crippen LogP contribution < -0.4 is 10.1 Å². The van der Waals surface area contributed by atoms with Gasteiger partial charge in [0.1, 0.15) is 30.6 Å². The smallest absolute Gasteiger partial charge is 0.165 e. The number of nitrogens with one attached hydrogen (secondary N) is 1. The first-order chi connectivity index (χ1) is 13.4. The minimum absolute atomic E-state index is 0.138. The Kier molecular flexibility index (Phi) is 5.25. The van der Waals surface area contributed by atoms with Gasteiger partial charge in [-0.3, -0.25) is 0 Å². The SMILES string of the molecule is C1=CCCC(C(Nc2ccccc2Oc2ccccc2)C2=COC=CO2)=C1. The van der Waals surface area contributed by atoms with Crippen LogP contribution in [0.1, 0.15) is 12.8 Å². The van der Waals surface area contributed by atoms with E-state index < -0.39 is 0 Å².